The van der Waals surface area contributed by atoms with Gasteiger partial charge in [-0.25, -0.2) is 0 Å². The number of benzene rings is 3. The molecule has 138 valence electrons. The largest absolute Gasteiger partial charge is 0.497 e. The molecule has 3 heteroatoms. The van der Waals surface area contributed by atoms with Gasteiger partial charge in [-0.3, -0.25) is 0 Å². The van der Waals surface area contributed by atoms with Gasteiger partial charge in [-0.1, -0.05) is 60.7 Å². The van der Waals surface area contributed by atoms with E-state index in [1.165, 1.54) is 22.4 Å². The number of rotatable bonds is 5. The molecular formula is C24H27N2O+. The number of nitrogens with one attached hydrogen (secondary N) is 1. The van der Waals surface area contributed by atoms with Crippen LogP contribution in [-0.2, 0) is 6.54 Å². The Labute approximate surface area is 161 Å². The Morgan fingerprint density at radius 1 is 0.815 bits per heavy atom. The molecule has 0 aromatic heterocycles. The lowest BCUT2D eigenvalue weighted by Crippen LogP contribution is -3.13. The lowest BCUT2D eigenvalue weighted by Gasteiger charge is -2.33. The Bertz CT molecular complexity index is 853. The summed E-state index contributed by atoms with van der Waals surface area (Å²) >= 11 is 0. The van der Waals surface area contributed by atoms with Crippen molar-refractivity contribution in [2.45, 2.75) is 6.54 Å². The first-order chi connectivity index (χ1) is 13.3. The standard InChI is InChI=1S/C24H26N2O/c1-27-24-9-5-8-23(18-24)26-16-14-25(15-17-26)19-20-10-12-22(13-11-20)21-6-3-2-4-7-21/h2-13,18H,14-17,19H2,1H3/p+1. The van der Waals surface area contributed by atoms with Crippen molar-refractivity contribution in [2.75, 3.05) is 38.2 Å². The van der Waals surface area contributed by atoms with E-state index in [2.05, 4.69) is 77.7 Å². The molecule has 27 heavy (non-hydrogen) atoms. The number of methoxy groups -OCH3 is 1. The third-order valence-corrected chi connectivity index (χ3v) is 5.40. The molecule has 0 atom stereocenters. The third-order valence-electron chi connectivity index (χ3n) is 5.40. The molecule has 1 heterocycles. The van der Waals surface area contributed by atoms with E-state index in [-0.39, 0.29) is 0 Å². The molecule has 4 rings (SSSR count). The Hall–Kier alpha value is -2.78. The fraction of sp³-hybridized carbons (Fsp3) is 0.250. The van der Waals surface area contributed by atoms with Crippen molar-refractivity contribution in [1.82, 2.24) is 0 Å². The average molecular weight is 359 g/mol. The fourth-order valence-electron chi connectivity index (χ4n) is 3.80. The molecule has 1 aliphatic rings. The molecule has 0 unspecified atom stereocenters. The summed E-state index contributed by atoms with van der Waals surface area (Å²) < 4.78 is 5.36. The van der Waals surface area contributed by atoms with Gasteiger partial charge < -0.3 is 14.5 Å². The predicted octanol–water partition coefficient (Wildman–Crippen LogP) is 3.27. The topological polar surface area (TPSA) is 16.9 Å². The average Bonchev–Trinajstić information content (AvgIpc) is 2.75. The number of piperazine rings is 1. The van der Waals surface area contributed by atoms with Gasteiger partial charge in [0.2, 0.25) is 0 Å². The number of nitrogens with zero attached hydrogens (tertiary/aromatic N) is 1. The second-order valence-corrected chi connectivity index (χ2v) is 7.18. The SMILES string of the molecule is COc1cccc(N2CC[NH+](Cc3ccc(-c4ccccc4)cc3)CC2)c1. The molecule has 3 aromatic carbocycles. The Balaban J connectivity index is 1.34. The highest BCUT2D eigenvalue weighted by molar-refractivity contribution is 5.63. The Morgan fingerprint density at radius 3 is 2.22 bits per heavy atom. The first kappa shape index (κ1) is 17.6. The van der Waals surface area contributed by atoms with E-state index >= 15 is 0 Å². The highest BCUT2D eigenvalue weighted by atomic mass is 16.5. The Morgan fingerprint density at radius 2 is 1.52 bits per heavy atom. The lowest BCUT2D eigenvalue weighted by molar-refractivity contribution is -0.914. The predicted molar refractivity (Wildman–Crippen MR) is 111 cm³/mol. The summed E-state index contributed by atoms with van der Waals surface area (Å²) in [7, 11) is 1.73. The minimum atomic E-state index is 0.931. The molecule has 1 N–H and O–H groups in total. The molecule has 0 aliphatic carbocycles. The molecular weight excluding hydrogens is 332 g/mol. The normalized spacial score (nSPS) is 14.9. The number of quaternary nitrogens is 1. The van der Waals surface area contributed by atoms with Crippen LogP contribution in [0.3, 0.4) is 0 Å². The molecule has 0 bridgehead atoms. The zero-order valence-electron chi connectivity index (χ0n) is 15.9. The van der Waals surface area contributed by atoms with Crippen LogP contribution in [0.2, 0.25) is 0 Å². The van der Waals surface area contributed by atoms with Gasteiger partial charge >= 0.3 is 0 Å². The second-order valence-electron chi connectivity index (χ2n) is 7.18. The van der Waals surface area contributed by atoms with Crippen LogP contribution in [0.25, 0.3) is 11.1 Å². The minimum absolute atomic E-state index is 0.931. The van der Waals surface area contributed by atoms with Crippen LogP contribution in [0.15, 0.2) is 78.9 Å². The van der Waals surface area contributed by atoms with Crippen LogP contribution in [0.5, 0.6) is 5.75 Å². The van der Waals surface area contributed by atoms with Crippen molar-refractivity contribution in [3.05, 3.63) is 84.4 Å². The smallest absolute Gasteiger partial charge is 0.120 e. The third kappa shape index (κ3) is 4.32. The van der Waals surface area contributed by atoms with Gasteiger partial charge in [0, 0.05) is 17.3 Å². The molecule has 3 aromatic rings. The second kappa shape index (κ2) is 8.28. The van der Waals surface area contributed by atoms with E-state index in [0.29, 0.717) is 0 Å². The fourth-order valence-corrected chi connectivity index (χ4v) is 3.80. The van der Waals surface area contributed by atoms with Crippen LogP contribution >= 0.6 is 0 Å². The molecule has 0 saturated carbocycles. The van der Waals surface area contributed by atoms with Gasteiger partial charge in [0.1, 0.15) is 12.3 Å². The molecule has 1 fully saturated rings. The van der Waals surface area contributed by atoms with Crippen LogP contribution in [0, 0.1) is 0 Å². The summed E-state index contributed by atoms with van der Waals surface area (Å²) in [4.78, 5) is 4.12. The zero-order chi connectivity index (χ0) is 18.5. The van der Waals surface area contributed by atoms with Gasteiger partial charge in [-0.15, -0.1) is 0 Å². The van der Waals surface area contributed by atoms with Crippen LogP contribution in [-0.4, -0.2) is 33.3 Å². The summed E-state index contributed by atoms with van der Waals surface area (Å²) in [5.74, 6) is 0.931. The van der Waals surface area contributed by atoms with E-state index in [1.54, 1.807) is 12.0 Å². The van der Waals surface area contributed by atoms with Crippen molar-refractivity contribution in [2.24, 2.45) is 0 Å². The van der Waals surface area contributed by atoms with E-state index in [1.807, 2.05) is 6.07 Å². The highest BCUT2D eigenvalue weighted by Gasteiger charge is 2.20. The van der Waals surface area contributed by atoms with Crippen molar-refractivity contribution >= 4 is 5.69 Å². The first-order valence-electron chi connectivity index (χ1n) is 9.69. The monoisotopic (exact) mass is 359 g/mol. The number of ether oxygens (including phenoxy) is 1. The van der Waals surface area contributed by atoms with E-state index in [0.717, 1.165) is 38.5 Å². The molecule has 3 nitrogen and oxygen atoms in total. The van der Waals surface area contributed by atoms with Crippen molar-refractivity contribution in [3.63, 3.8) is 0 Å². The maximum absolute atomic E-state index is 5.36. The van der Waals surface area contributed by atoms with Crippen LogP contribution in [0.1, 0.15) is 5.56 Å². The van der Waals surface area contributed by atoms with E-state index in [9.17, 15) is 0 Å². The minimum Gasteiger partial charge on any atom is -0.497 e. The molecule has 0 amide bonds. The molecule has 0 spiro atoms. The van der Waals surface area contributed by atoms with Gasteiger partial charge in [-0.2, -0.15) is 0 Å². The summed E-state index contributed by atoms with van der Waals surface area (Å²) in [6.07, 6.45) is 0. The number of hydrogen-bond donors (Lipinski definition) is 1. The van der Waals surface area contributed by atoms with Crippen molar-refractivity contribution in [3.8, 4) is 16.9 Å². The highest BCUT2D eigenvalue weighted by Crippen LogP contribution is 2.21. The van der Waals surface area contributed by atoms with Gasteiger partial charge in [-0.05, 0) is 23.3 Å². The maximum atomic E-state index is 5.36. The Kier molecular flexibility index (Phi) is 5.40. The zero-order valence-corrected chi connectivity index (χ0v) is 15.9. The lowest BCUT2D eigenvalue weighted by atomic mass is 10.0. The van der Waals surface area contributed by atoms with Gasteiger partial charge in [0.05, 0.1) is 33.3 Å². The first-order valence-corrected chi connectivity index (χ1v) is 9.69. The summed E-state index contributed by atoms with van der Waals surface area (Å²) in [6.45, 7) is 5.60. The molecule has 0 radical (unpaired) electrons. The molecule has 1 saturated heterocycles. The van der Waals surface area contributed by atoms with Gasteiger partial charge in [0.15, 0.2) is 0 Å². The van der Waals surface area contributed by atoms with Crippen LogP contribution in [0.4, 0.5) is 5.69 Å². The summed E-state index contributed by atoms with van der Waals surface area (Å²) in [5.41, 5.74) is 5.25. The van der Waals surface area contributed by atoms with E-state index in [4.69, 9.17) is 4.74 Å². The van der Waals surface area contributed by atoms with Gasteiger partial charge in [0.25, 0.3) is 0 Å². The summed E-state index contributed by atoms with van der Waals surface area (Å²) in [5, 5.41) is 0. The van der Waals surface area contributed by atoms with E-state index < -0.39 is 0 Å². The maximum Gasteiger partial charge on any atom is 0.120 e. The number of hydrogen-bond acceptors (Lipinski definition) is 2. The van der Waals surface area contributed by atoms with Crippen molar-refractivity contribution < 1.29 is 9.64 Å². The molecule has 1 aliphatic heterocycles. The summed E-state index contributed by atoms with van der Waals surface area (Å²) in [6, 6.07) is 28.0. The number of anilines is 1. The van der Waals surface area contributed by atoms with Crippen LogP contribution < -0.4 is 14.5 Å². The van der Waals surface area contributed by atoms with Crippen molar-refractivity contribution in [1.29, 1.82) is 0 Å². The quantitative estimate of drug-likeness (QED) is 0.753.